The van der Waals surface area contributed by atoms with Gasteiger partial charge in [-0.2, -0.15) is 0 Å². The number of nitrogens with zero attached hydrogens (tertiary/aromatic N) is 3. The number of rotatable bonds is 9. The molecule has 0 saturated carbocycles. The van der Waals surface area contributed by atoms with Gasteiger partial charge in [0.15, 0.2) is 5.69 Å². The maximum atomic E-state index is 12.4. The van der Waals surface area contributed by atoms with Crippen molar-refractivity contribution in [3.05, 3.63) is 47.4 Å². The Morgan fingerprint density at radius 2 is 2.09 bits per heavy atom. The van der Waals surface area contributed by atoms with Crippen LogP contribution in [0.3, 0.4) is 0 Å². The van der Waals surface area contributed by atoms with Gasteiger partial charge in [0, 0.05) is 37.1 Å². The van der Waals surface area contributed by atoms with Crippen LogP contribution in [0.15, 0.2) is 40.4 Å². The van der Waals surface area contributed by atoms with Gasteiger partial charge in [0.1, 0.15) is 11.6 Å². The molecule has 0 saturated heterocycles. The molecule has 0 unspecified atom stereocenters. The zero-order valence-corrected chi connectivity index (χ0v) is 19.5. The van der Waals surface area contributed by atoms with Gasteiger partial charge in [-0.3, -0.25) is 4.79 Å². The topological polar surface area (TPSA) is 125 Å². The summed E-state index contributed by atoms with van der Waals surface area (Å²) in [7, 11) is 0. The first-order valence-corrected chi connectivity index (χ1v) is 11.6. The Bertz CT molecular complexity index is 1270. The molecule has 0 aliphatic heterocycles. The number of pyridine rings is 1. The molecule has 10 heteroatoms. The summed E-state index contributed by atoms with van der Waals surface area (Å²) in [6.07, 6.45) is 2.16. The number of nitrogens with one attached hydrogen (secondary N) is 3. The number of benzene rings is 1. The lowest BCUT2D eigenvalue weighted by Gasteiger charge is -2.15. The first-order valence-electron chi connectivity index (χ1n) is 10.7. The summed E-state index contributed by atoms with van der Waals surface area (Å²) >= 11 is 1.59. The second-order valence-electron chi connectivity index (χ2n) is 7.83. The van der Waals surface area contributed by atoms with Crippen molar-refractivity contribution in [3.8, 4) is 11.5 Å². The Hall–Kier alpha value is -3.50. The maximum absolute atomic E-state index is 12.4. The average Bonchev–Trinajstić information content (AvgIpc) is 3.39. The van der Waals surface area contributed by atoms with E-state index in [0.717, 1.165) is 21.6 Å². The van der Waals surface area contributed by atoms with Crippen LogP contribution in [0.4, 0.5) is 17.2 Å². The van der Waals surface area contributed by atoms with Crippen LogP contribution in [0, 0.1) is 6.92 Å². The van der Waals surface area contributed by atoms with Crippen LogP contribution in [0.1, 0.15) is 36.5 Å². The second-order valence-corrected chi connectivity index (χ2v) is 8.72. The summed E-state index contributed by atoms with van der Waals surface area (Å²) in [4.78, 5) is 25.7. The fraction of sp³-hybridized carbons (Fsp3) is 0.304. The van der Waals surface area contributed by atoms with Crippen molar-refractivity contribution in [3.63, 3.8) is 0 Å². The number of oxazole rings is 1. The van der Waals surface area contributed by atoms with Crippen molar-refractivity contribution in [1.82, 2.24) is 20.3 Å². The van der Waals surface area contributed by atoms with Crippen LogP contribution in [0.5, 0.6) is 0 Å². The van der Waals surface area contributed by atoms with Gasteiger partial charge in [0.25, 0.3) is 5.91 Å². The molecule has 0 aliphatic rings. The molecule has 4 N–H and O–H groups in total. The van der Waals surface area contributed by atoms with E-state index in [2.05, 4.69) is 30.9 Å². The van der Waals surface area contributed by atoms with Crippen LogP contribution < -0.4 is 16.0 Å². The minimum absolute atomic E-state index is 0.0116. The van der Waals surface area contributed by atoms with Crippen molar-refractivity contribution >= 4 is 44.7 Å². The number of aliphatic hydroxyl groups is 1. The van der Waals surface area contributed by atoms with E-state index in [1.54, 1.807) is 24.5 Å². The number of thiazole rings is 1. The molecule has 0 radical (unpaired) electrons. The minimum atomic E-state index is -0.334. The Morgan fingerprint density at radius 1 is 1.24 bits per heavy atom. The van der Waals surface area contributed by atoms with Crippen molar-refractivity contribution in [2.75, 3.05) is 23.8 Å². The molecule has 0 bridgehead atoms. The lowest BCUT2D eigenvalue weighted by Crippen LogP contribution is -2.25. The van der Waals surface area contributed by atoms with E-state index in [1.165, 1.54) is 0 Å². The van der Waals surface area contributed by atoms with E-state index < -0.39 is 0 Å². The lowest BCUT2D eigenvalue weighted by molar-refractivity contribution is 0.0945. The molecule has 0 fully saturated rings. The molecule has 9 nitrogen and oxygen atoms in total. The number of carbonyl (C=O) groups is 1. The molecular weight excluding hydrogens is 440 g/mol. The highest BCUT2D eigenvalue weighted by molar-refractivity contribution is 7.16. The third kappa shape index (κ3) is 5.29. The van der Waals surface area contributed by atoms with Crippen LogP contribution in [0.2, 0.25) is 0 Å². The van der Waals surface area contributed by atoms with Crippen molar-refractivity contribution < 1.29 is 14.3 Å². The van der Waals surface area contributed by atoms with Crippen LogP contribution in [-0.2, 0) is 0 Å². The molecule has 4 rings (SSSR count). The first kappa shape index (κ1) is 22.7. The predicted molar refractivity (Wildman–Crippen MR) is 130 cm³/mol. The van der Waals surface area contributed by atoms with Crippen molar-refractivity contribution in [1.29, 1.82) is 0 Å². The van der Waals surface area contributed by atoms with E-state index in [9.17, 15) is 4.79 Å². The van der Waals surface area contributed by atoms with Gasteiger partial charge < -0.3 is 25.5 Å². The summed E-state index contributed by atoms with van der Waals surface area (Å²) < 4.78 is 6.92. The fourth-order valence-corrected chi connectivity index (χ4v) is 4.01. The quantitative estimate of drug-likeness (QED) is 0.269. The SMILES string of the molecule is Cc1oc(-c2cnc(Nc3ccc4ncsc4c3)cc2NC(C)C)nc1C(=O)NCCCO. The van der Waals surface area contributed by atoms with Gasteiger partial charge in [-0.05, 0) is 45.4 Å². The van der Waals surface area contributed by atoms with Gasteiger partial charge in [-0.15, -0.1) is 11.3 Å². The lowest BCUT2D eigenvalue weighted by atomic mass is 10.2. The van der Waals surface area contributed by atoms with Crippen molar-refractivity contribution in [2.45, 2.75) is 33.2 Å². The highest BCUT2D eigenvalue weighted by atomic mass is 32.1. The summed E-state index contributed by atoms with van der Waals surface area (Å²) in [6, 6.07) is 8.03. The Balaban J connectivity index is 1.61. The second kappa shape index (κ2) is 9.97. The molecule has 4 aromatic rings. The van der Waals surface area contributed by atoms with Gasteiger partial charge in [0.05, 0.1) is 27.0 Å². The fourth-order valence-electron chi connectivity index (χ4n) is 3.29. The van der Waals surface area contributed by atoms with Gasteiger partial charge in [-0.1, -0.05) is 0 Å². The monoisotopic (exact) mass is 466 g/mol. The van der Waals surface area contributed by atoms with E-state index in [-0.39, 0.29) is 24.2 Å². The molecule has 1 aromatic carbocycles. The Kier molecular flexibility index (Phi) is 6.85. The normalized spacial score (nSPS) is 11.2. The molecule has 0 aliphatic carbocycles. The minimum Gasteiger partial charge on any atom is -0.440 e. The molecule has 3 heterocycles. The number of fused-ring (bicyclic) bond motifs is 1. The summed E-state index contributed by atoms with van der Waals surface area (Å²) in [5.74, 6) is 1.06. The number of hydrogen-bond acceptors (Lipinski definition) is 9. The molecule has 0 atom stereocenters. The third-order valence-corrected chi connectivity index (χ3v) is 5.61. The first-order chi connectivity index (χ1) is 15.9. The van der Waals surface area contributed by atoms with E-state index in [0.29, 0.717) is 36.0 Å². The highest BCUT2D eigenvalue weighted by Crippen LogP contribution is 2.32. The number of aryl methyl sites for hydroxylation is 1. The average molecular weight is 467 g/mol. The Morgan fingerprint density at radius 3 is 2.88 bits per heavy atom. The standard InChI is InChI=1S/C23H26N6O3S/c1-13(2)27-18-10-20(28-15-5-6-17-19(9-15)33-12-26-17)25-11-16(18)23-29-21(14(3)32-23)22(31)24-7-4-8-30/h5-6,9-13,30H,4,7-8H2,1-3H3,(H,24,31)(H2,25,27,28). The van der Waals surface area contributed by atoms with Crippen LogP contribution in [0.25, 0.3) is 21.7 Å². The third-order valence-electron chi connectivity index (χ3n) is 4.81. The van der Waals surface area contributed by atoms with Gasteiger partial charge in [-0.25, -0.2) is 15.0 Å². The molecule has 33 heavy (non-hydrogen) atoms. The van der Waals surface area contributed by atoms with E-state index >= 15 is 0 Å². The number of hydrogen-bond donors (Lipinski definition) is 4. The van der Waals surface area contributed by atoms with Crippen molar-refractivity contribution in [2.24, 2.45) is 0 Å². The Labute approximate surface area is 195 Å². The molecule has 0 spiro atoms. The number of carbonyl (C=O) groups excluding carboxylic acids is 1. The summed E-state index contributed by atoms with van der Waals surface area (Å²) in [6.45, 7) is 6.15. The van der Waals surface area contributed by atoms with E-state index in [1.807, 2.05) is 43.6 Å². The zero-order valence-electron chi connectivity index (χ0n) is 18.7. The van der Waals surface area contributed by atoms with E-state index in [4.69, 9.17) is 9.52 Å². The summed E-state index contributed by atoms with van der Waals surface area (Å²) in [5, 5.41) is 18.4. The molecule has 3 aromatic heterocycles. The number of amides is 1. The van der Waals surface area contributed by atoms with Crippen LogP contribution in [-0.4, -0.2) is 45.2 Å². The van der Waals surface area contributed by atoms with Gasteiger partial charge in [0.2, 0.25) is 5.89 Å². The predicted octanol–water partition coefficient (Wildman–Crippen LogP) is 4.33. The zero-order chi connectivity index (χ0) is 23.4. The summed E-state index contributed by atoms with van der Waals surface area (Å²) in [5.41, 5.74) is 5.37. The number of aromatic nitrogens is 3. The van der Waals surface area contributed by atoms with Gasteiger partial charge >= 0.3 is 0 Å². The molecular formula is C23H26N6O3S. The number of anilines is 3. The highest BCUT2D eigenvalue weighted by Gasteiger charge is 2.20. The molecule has 172 valence electrons. The maximum Gasteiger partial charge on any atom is 0.273 e. The smallest absolute Gasteiger partial charge is 0.273 e. The largest absolute Gasteiger partial charge is 0.440 e. The van der Waals surface area contributed by atoms with Crippen LogP contribution >= 0.6 is 11.3 Å². The molecule has 1 amide bonds. The number of aliphatic hydroxyl groups excluding tert-OH is 1.